The van der Waals surface area contributed by atoms with Gasteiger partial charge in [0.2, 0.25) is 5.91 Å². The lowest BCUT2D eigenvalue weighted by Crippen LogP contribution is -2.16. The third-order valence-corrected chi connectivity index (χ3v) is 3.43. The molecule has 0 atom stereocenters. The molecule has 1 aromatic carbocycles. The second-order valence-corrected chi connectivity index (χ2v) is 5.37. The van der Waals surface area contributed by atoms with Crippen LogP contribution in [0.5, 0.6) is 0 Å². The fourth-order valence-electron chi connectivity index (χ4n) is 1.64. The molecule has 0 unspecified atom stereocenters. The van der Waals surface area contributed by atoms with Gasteiger partial charge in [0.15, 0.2) is 5.16 Å². The number of aryl methyl sites for hydroxylation is 1. The van der Waals surface area contributed by atoms with E-state index < -0.39 is 0 Å². The highest BCUT2D eigenvalue weighted by Crippen LogP contribution is 2.20. The minimum absolute atomic E-state index is 0.0830. The summed E-state index contributed by atoms with van der Waals surface area (Å²) in [6.07, 6.45) is 0. The van der Waals surface area contributed by atoms with Crippen LogP contribution in [0.2, 0.25) is 0 Å². The Kier molecular flexibility index (Phi) is 4.49. The molecule has 0 aliphatic rings. The molecule has 110 valence electrons. The van der Waals surface area contributed by atoms with Gasteiger partial charge in [0.05, 0.1) is 17.1 Å². The molecular formula is C13H15N5O2S. The number of nitrogens with two attached hydrogens (primary N) is 2. The molecule has 1 aromatic heterocycles. The van der Waals surface area contributed by atoms with Gasteiger partial charge in [-0.05, 0) is 24.6 Å². The Balaban J connectivity index is 1.97. The maximum atomic E-state index is 11.9. The Morgan fingerprint density at radius 2 is 2.14 bits per heavy atom. The first-order valence-corrected chi connectivity index (χ1v) is 7.08. The van der Waals surface area contributed by atoms with Gasteiger partial charge in [-0.15, -0.1) is 0 Å². The third kappa shape index (κ3) is 4.25. The van der Waals surface area contributed by atoms with E-state index >= 15 is 0 Å². The van der Waals surface area contributed by atoms with E-state index in [2.05, 4.69) is 15.3 Å². The first-order chi connectivity index (χ1) is 9.94. The van der Waals surface area contributed by atoms with E-state index in [1.807, 2.05) is 13.0 Å². The summed E-state index contributed by atoms with van der Waals surface area (Å²) < 4.78 is 0. The molecule has 0 fully saturated rings. The number of hydrogen-bond donors (Lipinski definition) is 4. The van der Waals surface area contributed by atoms with Gasteiger partial charge in [0.25, 0.3) is 5.56 Å². The fourth-order valence-corrected chi connectivity index (χ4v) is 2.32. The van der Waals surface area contributed by atoms with Crippen LogP contribution in [0.3, 0.4) is 0 Å². The number of thioether (sulfide) groups is 1. The second kappa shape index (κ2) is 6.31. The molecule has 6 N–H and O–H groups in total. The lowest BCUT2D eigenvalue weighted by atomic mass is 10.2. The Morgan fingerprint density at radius 3 is 2.81 bits per heavy atom. The number of anilines is 3. The smallest absolute Gasteiger partial charge is 0.253 e. The van der Waals surface area contributed by atoms with Crippen molar-refractivity contribution in [2.24, 2.45) is 0 Å². The van der Waals surface area contributed by atoms with E-state index in [1.54, 1.807) is 12.1 Å². The maximum Gasteiger partial charge on any atom is 0.253 e. The highest BCUT2D eigenvalue weighted by atomic mass is 32.2. The molecule has 1 amide bonds. The minimum Gasteiger partial charge on any atom is -0.397 e. The zero-order chi connectivity index (χ0) is 15.4. The number of carbonyl (C=O) groups is 1. The molecular weight excluding hydrogens is 290 g/mol. The zero-order valence-corrected chi connectivity index (χ0v) is 12.2. The summed E-state index contributed by atoms with van der Waals surface area (Å²) >= 11 is 1.09. The van der Waals surface area contributed by atoms with Crippen LogP contribution in [0.1, 0.15) is 5.56 Å². The standard InChI is InChI=1S/C13H15N5O2S/c1-7-2-3-9(8(14)4-7)16-12(20)6-21-13-17-10(15)5-11(19)18-13/h2-5H,6,14H2,1H3,(H,16,20)(H3,15,17,18,19). The molecule has 7 nitrogen and oxygen atoms in total. The van der Waals surface area contributed by atoms with Gasteiger partial charge in [-0.25, -0.2) is 4.98 Å². The second-order valence-electron chi connectivity index (χ2n) is 4.40. The molecule has 21 heavy (non-hydrogen) atoms. The lowest BCUT2D eigenvalue weighted by molar-refractivity contribution is -0.113. The molecule has 0 saturated heterocycles. The molecule has 0 aliphatic heterocycles. The summed E-state index contributed by atoms with van der Waals surface area (Å²) in [5, 5.41) is 3.00. The first kappa shape index (κ1) is 14.9. The molecule has 0 saturated carbocycles. The summed E-state index contributed by atoms with van der Waals surface area (Å²) in [7, 11) is 0. The molecule has 0 bridgehead atoms. The number of amides is 1. The van der Waals surface area contributed by atoms with Gasteiger partial charge in [-0.3, -0.25) is 9.59 Å². The van der Waals surface area contributed by atoms with Crippen molar-refractivity contribution in [2.75, 3.05) is 22.5 Å². The highest BCUT2D eigenvalue weighted by Gasteiger charge is 2.08. The average Bonchev–Trinajstić information content (AvgIpc) is 2.39. The number of nitrogen functional groups attached to an aromatic ring is 2. The number of rotatable bonds is 4. The number of benzene rings is 1. The summed E-state index contributed by atoms with van der Waals surface area (Å²) in [5.41, 5.74) is 13.0. The van der Waals surface area contributed by atoms with E-state index in [0.29, 0.717) is 16.5 Å². The van der Waals surface area contributed by atoms with Crippen molar-refractivity contribution in [1.82, 2.24) is 9.97 Å². The SMILES string of the molecule is Cc1ccc(NC(=O)CSc2nc(N)cc(=O)[nH]2)c(N)c1. The Morgan fingerprint density at radius 1 is 1.38 bits per heavy atom. The van der Waals surface area contributed by atoms with E-state index in [9.17, 15) is 9.59 Å². The molecule has 0 spiro atoms. The van der Waals surface area contributed by atoms with E-state index in [0.717, 1.165) is 17.3 Å². The van der Waals surface area contributed by atoms with Crippen LogP contribution in [0.15, 0.2) is 34.2 Å². The molecule has 8 heteroatoms. The fraction of sp³-hybridized carbons (Fsp3) is 0.154. The van der Waals surface area contributed by atoms with Crippen molar-refractivity contribution in [2.45, 2.75) is 12.1 Å². The van der Waals surface area contributed by atoms with Crippen LogP contribution in [0, 0.1) is 6.92 Å². The van der Waals surface area contributed by atoms with Crippen molar-refractivity contribution in [3.05, 3.63) is 40.2 Å². The van der Waals surface area contributed by atoms with Gasteiger partial charge in [0, 0.05) is 6.07 Å². The van der Waals surface area contributed by atoms with Crippen molar-refractivity contribution >= 4 is 34.9 Å². The molecule has 0 radical (unpaired) electrons. The third-order valence-electron chi connectivity index (χ3n) is 2.56. The normalized spacial score (nSPS) is 10.3. The van der Waals surface area contributed by atoms with Crippen LogP contribution < -0.4 is 22.3 Å². The predicted octanol–water partition coefficient (Wildman–Crippen LogP) is 0.974. The number of hydrogen-bond acceptors (Lipinski definition) is 6. The Bertz CT molecular complexity index is 729. The van der Waals surface area contributed by atoms with Crippen molar-refractivity contribution in [3.63, 3.8) is 0 Å². The summed E-state index contributed by atoms with van der Waals surface area (Å²) in [6.45, 7) is 1.92. The first-order valence-electron chi connectivity index (χ1n) is 6.09. The number of nitrogens with zero attached hydrogens (tertiary/aromatic N) is 1. The summed E-state index contributed by atoms with van der Waals surface area (Å²) in [6, 6.07) is 6.56. The average molecular weight is 305 g/mol. The lowest BCUT2D eigenvalue weighted by Gasteiger charge is -2.08. The van der Waals surface area contributed by atoms with Gasteiger partial charge >= 0.3 is 0 Å². The Hall–Kier alpha value is -2.48. The molecule has 2 aromatic rings. The Labute approximate surface area is 125 Å². The van der Waals surface area contributed by atoms with E-state index in [1.165, 1.54) is 6.07 Å². The number of H-pyrrole nitrogens is 1. The monoisotopic (exact) mass is 305 g/mol. The van der Waals surface area contributed by atoms with Crippen LogP contribution in [0.4, 0.5) is 17.2 Å². The predicted molar refractivity (Wildman–Crippen MR) is 84.2 cm³/mol. The maximum absolute atomic E-state index is 11.9. The highest BCUT2D eigenvalue weighted by molar-refractivity contribution is 7.99. The molecule has 2 rings (SSSR count). The quantitative estimate of drug-likeness (QED) is 0.379. The zero-order valence-electron chi connectivity index (χ0n) is 11.3. The summed E-state index contributed by atoms with van der Waals surface area (Å²) in [4.78, 5) is 29.5. The topological polar surface area (TPSA) is 127 Å². The van der Waals surface area contributed by atoms with Gasteiger partial charge in [0.1, 0.15) is 5.82 Å². The van der Waals surface area contributed by atoms with Crippen molar-refractivity contribution < 1.29 is 4.79 Å². The van der Waals surface area contributed by atoms with Gasteiger partial charge < -0.3 is 21.8 Å². The van der Waals surface area contributed by atoms with Crippen LogP contribution in [-0.2, 0) is 4.79 Å². The molecule has 1 heterocycles. The molecule has 0 aliphatic carbocycles. The van der Waals surface area contributed by atoms with Crippen LogP contribution in [-0.4, -0.2) is 21.6 Å². The van der Waals surface area contributed by atoms with Crippen LogP contribution >= 0.6 is 11.8 Å². The number of aromatic amines is 1. The summed E-state index contributed by atoms with van der Waals surface area (Å²) in [5.74, 6) is -0.0512. The van der Waals surface area contributed by atoms with Crippen molar-refractivity contribution in [3.8, 4) is 0 Å². The van der Waals surface area contributed by atoms with E-state index in [4.69, 9.17) is 11.5 Å². The van der Waals surface area contributed by atoms with Gasteiger partial charge in [-0.1, -0.05) is 17.8 Å². The van der Waals surface area contributed by atoms with Crippen molar-refractivity contribution in [1.29, 1.82) is 0 Å². The van der Waals surface area contributed by atoms with Gasteiger partial charge in [-0.2, -0.15) is 0 Å². The number of aromatic nitrogens is 2. The number of nitrogens with one attached hydrogen (secondary N) is 2. The largest absolute Gasteiger partial charge is 0.397 e. The van der Waals surface area contributed by atoms with E-state index in [-0.39, 0.29) is 23.0 Å². The minimum atomic E-state index is -0.354. The number of carbonyl (C=O) groups excluding carboxylic acids is 1. The van der Waals surface area contributed by atoms with Crippen LogP contribution in [0.25, 0.3) is 0 Å².